The molecule has 0 bridgehead atoms. The van der Waals surface area contributed by atoms with Gasteiger partial charge < -0.3 is 10.2 Å². The maximum atomic E-state index is 8.98. The summed E-state index contributed by atoms with van der Waals surface area (Å²) in [6.07, 6.45) is 4.91. The van der Waals surface area contributed by atoms with E-state index in [1.54, 1.807) is 0 Å². The topological polar surface area (TPSA) is 39.1 Å². The van der Waals surface area contributed by atoms with Crippen molar-refractivity contribution in [2.75, 3.05) is 26.2 Å². The molecule has 2 rings (SSSR count). The average molecular weight is 235 g/mol. The fraction of sp³-hybridized carbons (Fsp3) is 0.929. The third kappa shape index (κ3) is 3.43. The molecule has 2 unspecified atom stereocenters. The van der Waals surface area contributed by atoms with Crippen molar-refractivity contribution in [1.82, 2.24) is 10.2 Å². The van der Waals surface area contributed by atoms with Crippen LogP contribution < -0.4 is 5.32 Å². The minimum atomic E-state index is -0.148. The molecular formula is C14H25N3. The molecule has 2 aliphatic heterocycles. The molecule has 0 saturated carbocycles. The normalized spacial score (nSPS) is 29.9. The van der Waals surface area contributed by atoms with Gasteiger partial charge in [0, 0.05) is 19.1 Å². The average Bonchev–Trinajstić information content (AvgIpc) is 2.71. The lowest BCUT2D eigenvalue weighted by atomic mass is 9.90. The molecule has 0 amide bonds. The van der Waals surface area contributed by atoms with Crippen molar-refractivity contribution in [1.29, 1.82) is 5.26 Å². The molecule has 3 nitrogen and oxygen atoms in total. The number of likely N-dealkylation sites (tertiary alicyclic amines) is 1. The van der Waals surface area contributed by atoms with Gasteiger partial charge in [-0.2, -0.15) is 5.26 Å². The number of rotatable bonds is 4. The molecule has 0 aliphatic carbocycles. The lowest BCUT2D eigenvalue weighted by Crippen LogP contribution is -2.40. The highest BCUT2D eigenvalue weighted by Gasteiger charge is 2.33. The number of fused-ring (bicyclic) bond motifs is 1. The highest BCUT2D eigenvalue weighted by Crippen LogP contribution is 2.26. The Morgan fingerprint density at radius 3 is 2.94 bits per heavy atom. The van der Waals surface area contributed by atoms with Gasteiger partial charge in [-0.1, -0.05) is 0 Å². The summed E-state index contributed by atoms with van der Waals surface area (Å²) in [6, 6.07) is 3.13. The van der Waals surface area contributed by atoms with Gasteiger partial charge in [-0.25, -0.2) is 0 Å². The summed E-state index contributed by atoms with van der Waals surface area (Å²) in [5.41, 5.74) is -0.148. The van der Waals surface area contributed by atoms with Gasteiger partial charge in [0.05, 0.1) is 11.5 Å². The van der Waals surface area contributed by atoms with Crippen LogP contribution in [0.1, 0.15) is 39.5 Å². The van der Waals surface area contributed by atoms with Crippen molar-refractivity contribution in [3.8, 4) is 6.07 Å². The molecule has 1 N–H and O–H groups in total. The number of nitrogens with one attached hydrogen (secondary N) is 1. The predicted octanol–water partition coefficient (Wildman–Crippen LogP) is 2.00. The van der Waals surface area contributed by atoms with Crippen LogP contribution in [0.5, 0.6) is 0 Å². The monoisotopic (exact) mass is 235 g/mol. The number of hydrogen-bond acceptors (Lipinski definition) is 3. The van der Waals surface area contributed by atoms with E-state index in [-0.39, 0.29) is 5.41 Å². The zero-order valence-corrected chi connectivity index (χ0v) is 11.2. The largest absolute Gasteiger partial charge is 0.312 e. The molecule has 2 atom stereocenters. The van der Waals surface area contributed by atoms with E-state index < -0.39 is 0 Å². The second kappa shape index (κ2) is 5.37. The molecule has 3 heteroatoms. The first-order chi connectivity index (χ1) is 8.11. The predicted molar refractivity (Wildman–Crippen MR) is 69.6 cm³/mol. The third-order valence-electron chi connectivity index (χ3n) is 4.25. The lowest BCUT2D eigenvalue weighted by molar-refractivity contribution is 0.294. The van der Waals surface area contributed by atoms with Crippen LogP contribution in [-0.4, -0.2) is 37.1 Å². The van der Waals surface area contributed by atoms with Crippen LogP contribution in [-0.2, 0) is 0 Å². The molecular weight excluding hydrogens is 210 g/mol. The van der Waals surface area contributed by atoms with Crippen LogP contribution in [0.3, 0.4) is 0 Å². The summed E-state index contributed by atoms with van der Waals surface area (Å²) < 4.78 is 0. The van der Waals surface area contributed by atoms with Gasteiger partial charge in [0.1, 0.15) is 0 Å². The van der Waals surface area contributed by atoms with E-state index in [0.29, 0.717) is 0 Å². The van der Waals surface area contributed by atoms with E-state index >= 15 is 0 Å². The highest BCUT2D eigenvalue weighted by molar-refractivity contribution is 4.93. The Labute approximate surface area is 105 Å². The van der Waals surface area contributed by atoms with Crippen molar-refractivity contribution >= 4 is 0 Å². The van der Waals surface area contributed by atoms with Crippen LogP contribution in [0, 0.1) is 22.7 Å². The summed E-state index contributed by atoms with van der Waals surface area (Å²) in [6.45, 7) is 8.94. The fourth-order valence-corrected chi connectivity index (χ4v) is 3.12. The molecule has 0 aromatic carbocycles. The third-order valence-corrected chi connectivity index (χ3v) is 4.25. The molecule has 17 heavy (non-hydrogen) atoms. The van der Waals surface area contributed by atoms with E-state index in [2.05, 4.69) is 16.3 Å². The Morgan fingerprint density at radius 2 is 2.24 bits per heavy atom. The van der Waals surface area contributed by atoms with Crippen LogP contribution in [0.25, 0.3) is 0 Å². The first-order valence-electron chi connectivity index (χ1n) is 6.98. The van der Waals surface area contributed by atoms with Gasteiger partial charge in [0.15, 0.2) is 0 Å². The van der Waals surface area contributed by atoms with Crippen molar-refractivity contribution in [2.45, 2.75) is 45.6 Å². The van der Waals surface area contributed by atoms with Gasteiger partial charge in [-0.05, 0) is 58.5 Å². The van der Waals surface area contributed by atoms with E-state index in [1.165, 1.54) is 39.0 Å². The SMILES string of the molecule is CC(C)(C#N)CCCN1CC2CCCNC2C1. The summed E-state index contributed by atoms with van der Waals surface area (Å²) in [4.78, 5) is 2.58. The first kappa shape index (κ1) is 12.9. The maximum absolute atomic E-state index is 8.98. The first-order valence-corrected chi connectivity index (χ1v) is 6.98. The summed E-state index contributed by atoms with van der Waals surface area (Å²) in [5.74, 6) is 0.882. The summed E-state index contributed by atoms with van der Waals surface area (Å²) in [5, 5.41) is 12.6. The second-order valence-corrected chi connectivity index (χ2v) is 6.32. The number of hydrogen-bond donors (Lipinski definition) is 1. The molecule has 2 heterocycles. The van der Waals surface area contributed by atoms with Gasteiger partial charge in [-0.15, -0.1) is 0 Å². The minimum absolute atomic E-state index is 0.148. The van der Waals surface area contributed by atoms with Crippen molar-refractivity contribution in [2.24, 2.45) is 11.3 Å². The number of nitrogens with zero attached hydrogens (tertiary/aromatic N) is 2. The van der Waals surface area contributed by atoms with E-state index in [9.17, 15) is 0 Å². The molecule has 0 spiro atoms. The lowest BCUT2D eigenvalue weighted by Gasteiger charge is -2.24. The van der Waals surface area contributed by atoms with Crippen molar-refractivity contribution in [3.05, 3.63) is 0 Å². The van der Waals surface area contributed by atoms with Gasteiger partial charge >= 0.3 is 0 Å². The van der Waals surface area contributed by atoms with Crippen molar-refractivity contribution < 1.29 is 0 Å². The standard InChI is InChI=1S/C14H25N3/c1-14(2,11-15)6-4-8-17-9-12-5-3-7-16-13(12)10-17/h12-13,16H,3-10H2,1-2H3. The van der Waals surface area contributed by atoms with Crippen LogP contribution in [0.4, 0.5) is 0 Å². The fourth-order valence-electron chi connectivity index (χ4n) is 3.12. The van der Waals surface area contributed by atoms with E-state index in [0.717, 1.165) is 24.8 Å². The summed E-state index contributed by atoms with van der Waals surface area (Å²) >= 11 is 0. The van der Waals surface area contributed by atoms with Crippen LogP contribution in [0.15, 0.2) is 0 Å². The molecule has 0 radical (unpaired) electrons. The van der Waals surface area contributed by atoms with Crippen molar-refractivity contribution in [3.63, 3.8) is 0 Å². The van der Waals surface area contributed by atoms with Crippen LogP contribution in [0.2, 0.25) is 0 Å². The highest BCUT2D eigenvalue weighted by atomic mass is 15.2. The zero-order chi connectivity index (χ0) is 12.3. The quantitative estimate of drug-likeness (QED) is 0.810. The van der Waals surface area contributed by atoms with E-state index in [4.69, 9.17) is 5.26 Å². The Hall–Kier alpha value is -0.590. The molecule has 2 saturated heterocycles. The van der Waals surface area contributed by atoms with Gasteiger partial charge in [0.2, 0.25) is 0 Å². The second-order valence-electron chi connectivity index (χ2n) is 6.32. The number of piperidine rings is 1. The molecule has 0 aromatic heterocycles. The maximum Gasteiger partial charge on any atom is 0.0683 e. The smallest absolute Gasteiger partial charge is 0.0683 e. The van der Waals surface area contributed by atoms with Gasteiger partial charge in [-0.3, -0.25) is 0 Å². The minimum Gasteiger partial charge on any atom is -0.312 e. The Kier molecular flexibility index (Phi) is 4.06. The van der Waals surface area contributed by atoms with Crippen LogP contribution >= 0.6 is 0 Å². The molecule has 0 aromatic rings. The summed E-state index contributed by atoms with van der Waals surface area (Å²) in [7, 11) is 0. The zero-order valence-electron chi connectivity index (χ0n) is 11.2. The molecule has 2 fully saturated rings. The Morgan fingerprint density at radius 1 is 1.41 bits per heavy atom. The molecule has 2 aliphatic rings. The number of nitriles is 1. The Balaban J connectivity index is 1.70. The van der Waals surface area contributed by atoms with Gasteiger partial charge in [0.25, 0.3) is 0 Å². The molecule has 96 valence electrons. The van der Waals surface area contributed by atoms with E-state index in [1.807, 2.05) is 13.8 Å². The Bertz CT molecular complexity index is 278.